The van der Waals surface area contributed by atoms with Gasteiger partial charge in [0.25, 0.3) is 0 Å². The number of hydrogen-bond acceptors (Lipinski definition) is 4. The van der Waals surface area contributed by atoms with E-state index in [1.807, 2.05) is 18.2 Å². The molecule has 0 aliphatic carbocycles. The minimum absolute atomic E-state index is 0.0876. The zero-order chi connectivity index (χ0) is 13.7. The van der Waals surface area contributed by atoms with Crippen molar-refractivity contribution in [1.29, 1.82) is 0 Å². The lowest BCUT2D eigenvalue weighted by atomic mass is 9.94. The van der Waals surface area contributed by atoms with E-state index in [0.29, 0.717) is 13.2 Å². The van der Waals surface area contributed by atoms with Crippen LogP contribution in [-0.4, -0.2) is 37.1 Å². The normalized spacial score (nSPS) is 20.1. The van der Waals surface area contributed by atoms with Gasteiger partial charge in [-0.1, -0.05) is 18.2 Å². The molecular weight excluding hydrogens is 242 g/mol. The Morgan fingerprint density at radius 2 is 2.11 bits per heavy atom. The highest BCUT2D eigenvalue weighted by molar-refractivity contribution is 5.42. The Labute approximate surface area is 114 Å². The number of aliphatic hydroxyl groups excluding tert-OH is 1. The Bertz CT molecular complexity index is 406. The number of benzene rings is 1. The average Bonchev–Trinajstić information content (AvgIpc) is 2.64. The Morgan fingerprint density at radius 3 is 2.89 bits per heavy atom. The number of nitrogens with one attached hydrogen (secondary N) is 1. The number of fused-ring (bicyclic) bond motifs is 1. The molecule has 1 heterocycles. The summed E-state index contributed by atoms with van der Waals surface area (Å²) >= 11 is 0. The van der Waals surface area contributed by atoms with E-state index in [2.05, 4.69) is 25.2 Å². The summed E-state index contributed by atoms with van der Waals surface area (Å²) in [6, 6.07) is 8.39. The first kappa shape index (κ1) is 14.3. The summed E-state index contributed by atoms with van der Waals surface area (Å²) in [5, 5.41) is 12.2. The lowest BCUT2D eigenvalue weighted by Gasteiger charge is -2.27. The van der Waals surface area contributed by atoms with Gasteiger partial charge in [-0.05, 0) is 32.9 Å². The van der Waals surface area contributed by atoms with Gasteiger partial charge in [-0.2, -0.15) is 0 Å². The molecule has 1 aromatic carbocycles. The first-order chi connectivity index (χ1) is 9.15. The van der Waals surface area contributed by atoms with Gasteiger partial charge in [-0.15, -0.1) is 0 Å². The second-order valence-electron chi connectivity index (χ2n) is 5.32. The molecular formula is C15H23NO3. The molecule has 1 unspecified atom stereocenters. The first-order valence-electron chi connectivity index (χ1n) is 6.85. The molecule has 4 nitrogen and oxygen atoms in total. The van der Waals surface area contributed by atoms with Crippen LogP contribution in [0, 0.1) is 0 Å². The van der Waals surface area contributed by atoms with Gasteiger partial charge in [0.2, 0.25) is 0 Å². The van der Waals surface area contributed by atoms with E-state index < -0.39 is 0 Å². The van der Waals surface area contributed by atoms with Crippen LogP contribution in [0.1, 0.15) is 31.9 Å². The van der Waals surface area contributed by atoms with Crippen molar-refractivity contribution in [2.24, 2.45) is 0 Å². The van der Waals surface area contributed by atoms with Crippen LogP contribution in [0.4, 0.5) is 0 Å². The maximum Gasteiger partial charge on any atom is 0.125 e. The largest absolute Gasteiger partial charge is 0.486 e. The monoisotopic (exact) mass is 265 g/mol. The molecule has 2 rings (SSSR count). The van der Waals surface area contributed by atoms with Gasteiger partial charge < -0.3 is 19.9 Å². The summed E-state index contributed by atoms with van der Waals surface area (Å²) < 4.78 is 11.2. The second-order valence-corrected chi connectivity index (χ2v) is 5.32. The molecule has 0 amide bonds. The molecule has 1 aliphatic rings. The topological polar surface area (TPSA) is 50.7 Å². The third-order valence-corrected chi connectivity index (χ3v) is 3.35. The molecule has 0 radical (unpaired) electrons. The molecule has 4 heteroatoms. The van der Waals surface area contributed by atoms with Crippen molar-refractivity contribution in [3.05, 3.63) is 29.8 Å². The van der Waals surface area contributed by atoms with E-state index in [1.54, 1.807) is 0 Å². The van der Waals surface area contributed by atoms with Crippen LogP contribution >= 0.6 is 0 Å². The summed E-state index contributed by atoms with van der Waals surface area (Å²) in [6.07, 6.45) is 0.925. The smallest absolute Gasteiger partial charge is 0.125 e. The minimum atomic E-state index is -0.227. The third kappa shape index (κ3) is 3.47. The highest BCUT2D eigenvalue weighted by Crippen LogP contribution is 2.42. The maximum absolute atomic E-state index is 8.62. The van der Waals surface area contributed by atoms with E-state index in [0.717, 1.165) is 18.7 Å². The third-order valence-electron chi connectivity index (χ3n) is 3.35. The average molecular weight is 265 g/mol. The van der Waals surface area contributed by atoms with E-state index >= 15 is 0 Å². The van der Waals surface area contributed by atoms with Crippen LogP contribution in [0.5, 0.6) is 5.75 Å². The summed E-state index contributed by atoms with van der Waals surface area (Å²) in [5.41, 5.74) is 0.999. The molecule has 2 N–H and O–H groups in total. The molecule has 106 valence electrons. The zero-order valence-corrected chi connectivity index (χ0v) is 11.7. The fourth-order valence-electron chi connectivity index (χ4n) is 2.47. The molecule has 0 saturated heterocycles. The van der Waals surface area contributed by atoms with Gasteiger partial charge in [0.05, 0.1) is 19.3 Å². The predicted octanol–water partition coefficient (Wildman–Crippen LogP) is 1.89. The van der Waals surface area contributed by atoms with Crippen molar-refractivity contribution in [3.8, 4) is 5.75 Å². The summed E-state index contributed by atoms with van der Waals surface area (Å²) in [5.74, 6) is 0.974. The molecule has 19 heavy (non-hydrogen) atoms. The highest BCUT2D eigenvalue weighted by atomic mass is 16.5. The van der Waals surface area contributed by atoms with E-state index in [9.17, 15) is 0 Å². The number of aliphatic hydroxyl groups is 1. The maximum atomic E-state index is 8.62. The zero-order valence-electron chi connectivity index (χ0n) is 11.7. The molecule has 0 aromatic heterocycles. The van der Waals surface area contributed by atoms with Gasteiger partial charge in [0.15, 0.2) is 0 Å². The van der Waals surface area contributed by atoms with Crippen LogP contribution in [-0.2, 0) is 4.74 Å². The van der Waals surface area contributed by atoms with E-state index in [1.165, 1.54) is 5.56 Å². The van der Waals surface area contributed by atoms with Crippen LogP contribution in [0.3, 0.4) is 0 Å². The number of ether oxygens (including phenoxy) is 2. The quantitative estimate of drug-likeness (QED) is 0.739. The number of hydrogen-bond donors (Lipinski definition) is 2. The Kier molecular flexibility index (Phi) is 4.80. The van der Waals surface area contributed by atoms with Crippen molar-refractivity contribution >= 4 is 0 Å². The molecule has 0 spiro atoms. The molecule has 0 saturated carbocycles. The summed E-state index contributed by atoms with van der Waals surface area (Å²) in [7, 11) is 0. The Hall–Kier alpha value is -1.10. The fraction of sp³-hybridized carbons (Fsp3) is 0.600. The standard InChI is InChI=1S/C15H23NO3/c1-15(2)14(16-8-5-10-18-11-9-17)12-6-3-4-7-13(12)19-15/h3-4,6-7,14,16-17H,5,8-11H2,1-2H3. The first-order valence-corrected chi connectivity index (χ1v) is 6.85. The SMILES string of the molecule is CC1(C)Oc2ccccc2C1NCCCOCCO. The van der Waals surface area contributed by atoms with Crippen molar-refractivity contribution in [2.45, 2.75) is 31.9 Å². The van der Waals surface area contributed by atoms with E-state index in [4.69, 9.17) is 14.6 Å². The van der Waals surface area contributed by atoms with Crippen molar-refractivity contribution in [2.75, 3.05) is 26.4 Å². The Balaban J connectivity index is 1.85. The van der Waals surface area contributed by atoms with Crippen LogP contribution in [0.2, 0.25) is 0 Å². The second kappa shape index (κ2) is 6.37. The van der Waals surface area contributed by atoms with Crippen molar-refractivity contribution in [3.63, 3.8) is 0 Å². The highest BCUT2D eigenvalue weighted by Gasteiger charge is 2.40. The lowest BCUT2D eigenvalue weighted by molar-refractivity contribution is 0.0820. The lowest BCUT2D eigenvalue weighted by Crippen LogP contribution is -2.39. The molecule has 1 atom stereocenters. The summed E-state index contributed by atoms with van der Waals surface area (Å²) in [4.78, 5) is 0. The van der Waals surface area contributed by atoms with Crippen LogP contribution < -0.4 is 10.1 Å². The van der Waals surface area contributed by atoms with Crippen molar-refractivity contribution < 1.29 is 14.6 Å². The van der Waals surface area contributed by atoms with Crippen molar-refractivity contribution in [1.82, 2.24) is 5.32 Å². The van der Waals surface area contributed by atoms with Crippen LogP contribution in [0.25, 0.3) is 0 Å². The van der Waals surface area contributed by atoms with Gasteiger partial charge in [-0.3, -0.25) is 0 Å². The summed E-state index contributed by atoms with van der Waals surface area (Å²) in [6.45, 7) is 6.26. The fourth-order valence-corrected chi connectivity index (χ4v) is 2.47. The van der Waals surface area contributed by atoms with Crippen LogP contribution in [0.15, 0.2) is 24.3 Å². The molecule has 0 fully saturated rings. The van der Waals surface area contributed by atoms with Gasteiger partial charge in [-0.25, -0.2) is 0 Å². The van der Waals surface area contributed by atoms with Gasteiger partial charge in [0.1, 0.15) is 11.4 Å². The molecule has 1 aliphatic heterocycles. The molecule has 1 aromatic rings. The van der Waals surface area contributed by atoms with Gasteiger partial charge >= 0.3 is 0 Å². The van der Waals surface area contributed by atoms with Gasteiger partial charge in [0, 0.05) is 12.2 Å². The molecule has 0 bridgehead atoms. The predicted molar refractivity (Wildman–Crippen MR) is 74.4 cm³/mol. The number of rotatable bonds is 7. The Morgan fingerprint density at radius 1 is 1.32 bits per heavy atom. The van der Waals surface area contributed by atoms with E-state index in [-0.39, 0.29) is 18.2 Å². The number of para-hydroxylation sites is 1. The minimum Gasteiger partial charge on any atom is -0.486 e.